The van der Waals surface area contributed by atoms with Gasteiger partial charge in [0.2, 0.25) is 0 Å². The summed E-state index contributed by atoms with van der Waals surface area (Å²) in [6.07, 6.45) is 0. The van der Waals surface area contributed by atoms with Crippen LogP contribution in [0.4, 0.5) is 17.1 Å². The molecule has 0 saturated heterocycles. The van der Waals surface area contributed by atoms with E-state index in [0.717, 1.165) is 13.1 Å². The fourth-order valence-electron chi connectivity index (χ4n) is 8.81. The fraction of sp³-hybridized carbons (Fsp3) is 0.0588. The van der Waals surface area contributed by atoms with Gasteiger partial charge in [0, 0.05) is 18.8 Å². The summed E-state index contributed by atoms with van der Waals surface area (Å²) >= 11 is 0. The second-order valence-corrected chi connectivity index (χ2v) is 14.1. The van der Waals surface area contributed by atoms with Crippen LogP contribution in [-0.2, 0) is 18.5 Å². The van der Waals surface area contributed by atoms with E-state index in [-0.39, 0.29) is 0 Å². The summed E-state index contributed by atoms with van der Waals surface area (Å²) < 4.78 is 0. The first-order chi connectivity index (χ1) is 26.3. The first kappa shape index (κ1) is 31.3. The molecule has 1 N–H and O–H groups in total. The van der Waals surface area contributed by atoms with E-state index < -0.39 is 5.41 Å². The molecular weight excluding hydrogens is 641 g/mol. The molecule has 0 amide bonds. The Hall–Kier alpha value is -6.48. The van der Waals surface area contributed by atoms with Crippen LogP contribution in [0.25, 0.3) is 33.4 Å². The Bertz CT molecular complexity index is 2540. The predicted octanol–water partition coefficient (Wildman–Crippen LogP) is 12.5. The Labute approximate surface area is 311 Å². The molecule has 0 aromatic heterocycles. The summed E-state index contributed by atoms with van der Waals surface area (Å²) in [5.74, 6) is 0. The van der Waals surface area contributed by atoms with E-state index in [1.54, 1.807) is 0 Å². The summed E-state index contributed by atoms with van der Waals surface area (Å²) in [5, 5.41) is 3.59. The lowest BCUT2D eigenvalue weighted by Gasteiger charge is -2.45. The molecule has 8 aromatic rings. The van der Waals surface area contributed by atoms with Crippen LogP contribution in [-0.4, -0.2) is 0 Å². The predicted molar refractivity (Wildman–Crippen MR) is 220 cm³/mol. The van der Waals surface area contributed by atoms with Crippen molar-refractivity contribution in [1.29, 1.82) is 0 Å². The molecule has 1 heterocycles. The highest BCUT2D eigenvalue weighted by molar-refractivity contribution is 5.96. The number of nitrogens with zero attached hydrogens (tertiary/aromatic N) is 1. The van der Waals surface area contributed by atoms with E-state index in [0.29, 0.717) is 0 Å². The van der Waals surface area contributed by atoms with Crippen molar-refractivity contribution in [2.75, 3.05) is 4.90 Å². The van der Waals surface area contributed by atoms with Crippen molar-refractivity contribution in [2.45, 2.75) is 18.5 Å². The van der Waals surface area contributed by atoms with Gasteiger partial charge in [-0.2, -0.15) is 0 Å². The zero-order valence-electron chi connectivity index (χ0n) is 29.4. The summed E-state index contributed by atoms with van der Waals surface area (Å²) in [5.41, 5.74) is 18.6. The Morgan fingerprint density at radius 3 is 1.57 bits per heavy atom. The first-order valence-electron chi connectivity index (χ1n) is 18.5. The third kappa shape index (κ3) is 5.14. The second kappa shape index (κ2) is 12.9. The molecule has 2 aliphatic rings. The monoisotopic (exact) mass is 678 g/mol. The standard InChI is InChI=1S/C51H38N2/c1-3-14-36(15-4-1)34-52-35-37-16-13-17-40(32-37)38-26-28-39(29-27-38)41-30-31-46-44(33-41)43-20-7-8-21-45(43)51(46)47-22-9-11-24-49(47)53(42-18-5-2-6-19-42)50-25-12-10-23-48(50)51/h1-33,52H,34-35H2. The van der Waals surface area contributed by atoms with Gasteiger partial charge in [-0.15, -0.1) is 0 Å². The maximum absolute atomic E-state index is 3.59. The molecule has 252 valence electrons. The smallest absolute Gasteiger partial charge is 0.0754 e. The minimum Gasteiger partial charge on any atom is -0.310 e. The molecule has 0 fully saturated rings. The normalized spacial score (nSPS) is 13.2. The maximum Gasteiger partial charge on any atom is 0.0754 e. The van der Waals surface area contributed by atoms with Crippen molar-refractivity contribution in [1.82, 2.24) is 5.32 Å². The zero-order chi connectivity index (χ0) is 35.2. The van der Waals surface area contributed by atoms with E-state index in [4.69, 9.17) is 0 Å². The highest BCUT2D eigenvalue weighted by Crippen LogP contribution is 2.63. The maximum atomic E-state index is 3.59. The van der Waals surface area contributed by atoms with Crippen LogP contribution in [0.3, 0.4) is 0 Å². The van der Waals surface area contributed by atoms with Gasteiger partial charge < -0.3 is 10.2 Å². The molecule has 0 bridgehead atoms. The highest BCUT2D eigenvalue weighted by Gasteiger charge is 2.51. The van der Waals surface area contributed by atoms with Crippen molar-refractivity contribution >= 4 is 17.1 Å². The molecule has 0 unspecified atom stereocenters. The molecule has 10 rings (SSSR count). The van der Waals surface area contributed by atoms with Gasteiger partial charge in [-0.3, -0.25) is 0 Å². The van der Waals surface area contributed by atoms with Gasteiger partial charge in [-0.05, 0) is 103 Å². The van der Waals surface area contributed by atoms with Gasteiger partial charge in [-0.25, -0.2) is 0 Å². The third-order valence-corrected chi connectivity index (χ3v) is 11.1. The summed E-state index contributed by atoms with van der Waals surface area (Å²) in [6, 6.07) is 73.5. The molecule has 0 radical (unpaired) electrons. The van der Waals surface area contributed by atoms with Crippen LogP contribution < -0.4 is 10.2 Å². The van der Waals surface area contributed by atoms with E-state index in [2.05, 4.69) is 210 Å². The number of rotatable bonds is 7. The number of hydrogen-bond acceptors (Lipinski definition) is 2. The van der Waals surface area contributed by atoms with Crippen LogP contribution >= 0.6 is 0 Å². The summed E-state index contributed by atoms with van der Waals surface area (Å²) in [4.78, 5) is 2.43. The average Bonchev–Trinajstić information content (AvgIpc) is 3.52. The SMILES string of the molecule is c1ccc(CNCc2cccc(-c3ccc(-c4ccc5c(c4)-c4ccccc4C54c5ccccc5N(c5ccccc5)c5ccccc54)cc3)c2)cc1. The largest absolute Gasteiger partial charge is 0.310 e. The van der Waals surface area contributed by atoms with Crippen LogP contribution in [0.2, 0.25) is 0 Å². The molecule has 1 aliphatic carbocycles. The number of benzene rings is 8. The van der Waals surface area contributed by atoms with Gasteiger partial charge in [0.25, 0.3) is 0 Å². The minimum absolute atomic E-state index is 0.437. The first-order valence-corrected chi connectivity index (χ1v) is 18.5. The highest BCUT2D eigenvalue weighted by atomic mass is 15.2. The Morgan fingerprint density at radius 1 is 0.358 bits per heavy atom. The van der Waals surface area contributed by atoms with Crippen molar-refractivity contribution < 1.29 is 0 Å². The second-order valence-electron chi connectivity index (χ2n) is 14.1. The number of anilines is 3. The van der Waals surface area contributed by atoms with Gasteiger partial charge in [0.1, 0.15) is 0 Å². The van der Waals surface area contributed by atoms with Crippen LogP contribution in [0, 0.1) is 0 Å². The summed E-state index contributed by atoms with van der Waals surface area (Å²) in [6.45, 7) is 1.69. The van der Waals surface area contributed by atoms with E-state index in [1.165, 1.54) is 83.8 Å². The Kier molecular flexibility index (Phi) is 7.63. The number of para-hydroxylation sites is 3. The van der Waals surface area contributed by atoms with Crippen LogP contribution in [0.1, 0.15) is 33.4 Å². The molecule has 2 heteroatoms. The average molecular weight is 679 g/mol. The summed E-state index contributed by atoms with van der Waals surface area (Å²) in [7, 11) is 0. The lowest BCUT2D eigenvalue weighted by Crippen LogP contribution is -2.36. The van der Waals surface area contributed by atoms with Gasteiger partial charge in [0.15, 0.2) is 0 Å². The minimum atomic E-state index is -0.437. The molecule has 53 heavy (non-hydrogen) atoms. The van der Waals surface area contributed by atoms with Crippen molar-refractivity contribution in [2.24, 2.45) is 0 Å². The Balaban J connectivity index is 1.03. The zero-order valence-corrected chi connectivity index (χ0v) is 29.4. The molecule has 0 saturated carbocycles. The van der Waals surface area contributed by atoms with Crippen molar-refractivity contribution in [3.05, 3.63) is 234 Å². The lowest BCUT2D eigenvalue weighted by molar-refractivity contribution is 0.693. The molecule has 1 spiro atoms. The Morgan fingerprint density at radius 2 is 0.868 bits per heavy atom. The van der Waals surface area contributed by atoms with E-state index in [1.807, 2.05) is 0 Å². The van der Waals surface area contributed by atoms with Crippen molar-refractivity contribution in [3.8, 4) is 33.4 Å². The fourth-order valence-corrected chi connectivity index (χ4v) is 8.81. The molecular formula is C51H38N2. The number of hydrogen-bond donors (Lipinski definition) is 1. The molecule has 8 aromatic carbocycles. The topological polar surface area (TPSA) is 15.3 Å². The number of fused-ring (bicyclic) bond motifs is 9. The van der Waals surface area contributed by atoms with Crippen molar-refractivity contribution in [3.63, 3.8) is 0 Å². The van der Waals surface area contributed by atoms with Crippen LogP contribution in [0.5, 0.6) is 0 Å². The van der Waals surface area contributed by atoms with Gasteiger partial charge in [0.05, 0.1) is 16.8 Å². The van der Waals surface area contributed by atoms with Gasteiger partial charge >= 0.3 is 0 Å². The quantitative estimate of drug-likeness (QED) is 0.180. The van der Waals surface area contributed by atoms with E-state index in [9.17, 15) is 0 Å². The molecule has 0 atom stereocenters. The molecule has 1 aliphatic heterocycles. The van der Waals surface area contributed by atoms with E-state index >= 15 is 0 Å². The lowest BCUT2D eigenvalue weighted by atomic mass is 9.64. The third-order valence-electron chi connectivity index (χ3n) is 11.1. The van der Waals surface area contributed by atoms with Crippen LogP contribution in [0.15, 0.2) is 200 Å². The number of nitrogens with one attached hydrogen (secondary N) is 1. The van der Waals surface area contributed by atoms with Gasteiger partial charge in [-0.1, -0.05) is 164 Å². The molecule has 2 nitrogen and oxygen atoms in total.